The number of ether oxygens (including phenoxy) is 1. The summed E-state index contributed by atoms with van der Waals surface area (Å²) in [7, 11) is 1.65. The number of hydrogen-bond donors (Lipinski definition) is 1. The van der Waals surface area contributed by atoms with Crippen LogP contribution in [0.3, 0.4) is 0 Å². The van der Waals surface area contributed by atoms with E-state index in [0.29, 0.717) is 57.0 Å². The number of piperidine rings is 1. The summed E-state index contributed by atoms with van der Waals surface area (Å²) in [6.07, 6.45) is 2.13. The van der Waals surface area contributed by atoms with Gasteiger partial charge in [-0.05, 0) is 44.2 Å². The van der Waals surface area contributed by atoms with Crippen LogP contribution < -0.4 is 21.5 Å². The predicted octanol–water partition coefficient (Wildman–Crippen LogP) is 2.33. The number of anilines is 1. The number of aromatic nitrogens is 2. The van der Waals surface area contributed by atoms with Crippen molar-refractivity contribution in [3.63, 3.8) is 0 Å². The highest BCUT2D eigenvalue weighted by Crippen LogP contribution is 2.24. The summed E-state index contributed by atoms with van der Waals surface area (Å²) in [5.41, 5.74) is 1.37. The lowest BCUT2D eigenvalue weighted by molar-refractivity contribution is -0.125. The second kappa shape index (κ2) is 11.3. The minimum atomic E-state index is -0.313. The van der Waals surface area contributed by atoms with E-state index >= 15 is 0 Å². The normalized spacial score (nSPS) is 14.6. The Labute approximate surface area is 195 Å². The van der Waals surface area contributed by atoms with Gasteiger partial charge in [-0.2, -0.15) is 0 Å². The van der Waals surface area contributed by atoms with Gasteiger partial charge in [0.25, 0.3) is 5.56 Å². The zero-order chi connectivity index (χ0) is 24.0. The summed E-state index contributed by atoms with van der Waals surface area (Å²) in [6.45, 7) is 8.61. The fourth-order valence-corrected chi connectivity index (χ4v) is 4.45. The molecule has 0 atom stereocenters. The van der Waals surface area contributed by atoms with E-state index in [4.69, 9.17) is 4.74 Å². The highest BCUT2D eigenvalue weighted by molar-refractivity contribution is 5.79. The average molecular weight is 457 g/mol. The molecule has 2 heterocycles. The smallest absolute Gasteiger partial charge is 0.335 e. The molecular formula is C25H36N4O4. The first-order valence-electron chi connectivity index (χ1n) is 11.8. The third-order valence-corrected chi connectivity index (χ3v) is 6.12. The zero-order valence-electron chi connectivity index (χ0n) is 20.2. The van der Waals surface area contributed by atoms with E-state index in [1.165, 1.54) is 4.57 Å². The van der Waals surface area contributed by atoms with E-state index in [1.54, 1.807) is 11.7 Å². The van der Waals surface area contributed by atoms with E-state index in [2.05, 4.69) is 5.32 Å². The molecule has 0 bridgehead atoms. The first-order valence-corrected chi connectivity index (χ1v) is 11.8. The van der Waals surface area contributed by atoms with Crippen molar-refractivity contribution in [2.75, 3.05) is 38.3 Å². The standard InChI is InChI=1S/C25H36N4O4/c1-18(2)17-28-24(31)22(19(3)29(25(28)32)21-9-6-5-7-10-21)27-14-11-20(12-15-27)23(30)26-13-8-16-33-4/h5-7,9-10,18,20H,8,11-17H2,1-4H3,(H,26,30). The Morgan fingerprint density at radius 2 is 1.82 bits per heavy atom. The van der Waals surface area contributed by atoms with Crippen molar-refractivity contribution in [1.82, 2.24) is 14.5 Å². The SMILES string of the molecule is COCCCNC(=O)C1CCN(c2c(C)n(-c3ccccc3)c(=O)n(CC(C)C)c2=O)CC1. The molecule has 2 aromatic rings. The maximum atomic E-state index is 13.5. The molecule has 0 radical (unpaired) electrons. The van der Waals surface area contributed by atoms with Gasteiger partial charge >= 0.3 is 5.69 Å². The Bertz CT molecular complexity index is 1050. The first-order chi connectivity index (χ1) is 15.8. The van der Waals surface area contributed by atoms with Gasteiger partial charge in [0.1, 0.15) is 5.69 Å². The van der Waals surface area contributed by atoms with Crippen molar-refractivity contribution in [3.8, 4) is 5.69 Å². The molecule has 0 aliphatic carbocycles. The second-order valence-electron chi connectivity index (χ2n) is 9.10. The molecular weight excluding hydrogens is 420 g/mol. The number of benzene rings is 1. The van der Waals surface area contributed by atoms with Crippen LogP contribution in [-0.2, 0) is 16.1 Å². The molecule has 1 aliphatic heterocycles. The Morgan fingerprint density at radius 1 is 1.15 bits per heavy atom. The van der Waals surface area contributed by atoms with Gasteiger partial charge in [-0.1, -0.05) is 32.0 Å². The Kier molecular flexibility index (Phi) is 8.49. The monoisotopic (exact) mass is 456 g/mol. The number of amides is 1. The molecule has 8 nitrogen and oxygen atoms in total. The minimum Gasteiger partial charge on any atom is -0.385 e. The van der Waals surface area contributed by atoms with Gasteiger partial charge in [0, 0.05) is 45.8 Å². The highest BCUT2D eigenvalue weighted by Gasteiger charge is 2.29. The predicted molar refractivity (Wildman–Crippen MR) is 130 cm³/mol. The number of para-hydroxylation sites is 1. The largest absolute Gasteiger partial charge is 0.385 e. The van der Waals surface area contributed by atoms with Crippen LogP contribution in [0.25, 0.3) is 5.69 Å². The van der Waals surface area contributed by atoms with Crippen molar-refractivity contribution < 1.29 is 9.53 Å². The van der Waals surface area contributed by atoms with Crippen LogP contribution in [0.5, 0.6) is 0 Å². The van der Waals surface area contributed by atoms with E-state index in [1.807, 2.05) is 56.0 Å². The molecule has 1 amide bonds. The van der Waals surface area contributed by atoms with Gasteiger partial charge in [-0.3, -0.25) is 18.7 Å². The van der Waals surface area contributed by atoms with Crippen LogP contribution in [-0.4, -0.2) is 48.4 Å². The maximum Gasteiger partial charge on any atom is 0.335 e. The molecule has 3 rings (SSSR count). The lowest BCUT2D eigenvalue weighted by atomic mass is 9.95. The fraction of sp³-hybridized carbons (Fsp3) is 0.560. The fourth-order valence-electron chi connectivity index (χ4n) is 4.45. The van der Waals surface area contributed by atoms with E-state index in [-0.39, 0.29) is 29.0 Å². The molecule has 1 saturated heterocycles. The van der Waals surface area contributed by atoms with Crippen molar-refractivity contribution in [2.24, 2.45) is 11.8 Å². The minimum absolute atomic E-state index is 0.0638. The molecule has 1 aromatic heterocycles. The van der Waals surface area contributed by atoms with Gasteiger partial charge < -0.3 is 15.0 Å². The summed E-state index contributed by atoms with van der Waals surface area (Å²) in [5.74, 6) is 0.152. The lowest BCUT2D eigenvalue weighted by Gasteiger charge is -2.34. The molecule has 0 unspecified atom stereocenters. The number of carbonyl (C=O) groups is 1. The molecule has 1 N–H and O–H groups in total. The van der Waals surface area contributed by atoms with Crippen LogP contribution >= 0.6 is 0 Å². The molecule has 0 spiro atoms. The highest BCUT2D eigenvalue weighted by atomic mass is 16.5. The molecule has 8 heteroatoms. The first kappa shape index (κ1) is 24.8. The van der Waals surface area contributed by atoms with Gasteiger partial charge in [0.2, 0.25) is 5.91 Å². The summed E-state index contributed by atoms with van der Waals surface area (Å²) < 4.78 is 8.01. The van der Waals surface area contributed by atoms with Gasteiger partial charge in [0.05, 0.1) is 11.4 Å². The number of hydrogen-bond acceptors (Lipinski definition) is 5. The molecule has 180 valence electrons. The van der Waals surface area contributed by atoms with Crippen LogP contribution in [0.15, 0.2) is 39.9 Å². The lowest BCUT2D eigenvalue weighted by Crippen LogP contribution is -2.48. The molecule has 1 fully saturated rings. The van der Waals surface area contributed by atoms with Crippen LogP contribution in [0.4, 0.5) is 5.69 Å². The molecule has 33 heavy (non-hydrogen) atoms. The molecule has 0 saturated carbocycles. The summed E-state index contributed by atoms with van der Waals surface area (Å²) in [6, 6.07) is 9.43. The van der Waals surface area contributed by atoms with Gasteiger partial charge in [0.15, 0.2) is 0 Å². The number of nitrogens with one attached hydrogen (secondary N) is 1. The number of nitrogens with zero attached hydrogens (tertiary/aromatic N) is 3. The number of carbonyl (C=O) groups excluding carboxylic acids is 1. The van der Waals surface area contributed by atoms with Crippen molar-refractivity contribution in [1.29, 1.82) is 0 Å². The number of methoxy groups -OCH3 is 1. The second-order valence-corrected chi connectivity index (χ2v) is 9.10. The molecule has 1 aliphatic rings. The Balaban J connectivity index is 1.88. The topological polar surface area (TPSA) is 85.6 Å². The molecule has 1 aromatic carbocycles. The zero-order valence-corrected chi connectivity index (χ0v) is 20.2. The van der Waals surface area contributed by atoms with E-state index < -0.39 is 0 Å². The van der Waals surface area contributed by atoms with Gasteiger partial charge in [-0.15, -0.1) is 0 Å². The Morgan fingerprint density at radius 3 is 2.42 bits per heavy atom. The summed E-state index contributed by atoms with van der Waals surface area (Å²) in [5, 5.41) is 2.98. The van der Waals surface area contributed by atoms with E-state index in [0.717, 1.165) is 12.1 Å². The maximum absolute atomic E-state index is 13.5. The average Bonchev–Trinajstić information content (AvgIpc) is 2.80. The van der Waals surface area contributed by atoms with Crippen LogP contribution in [0.2, 0.25) is 0 Å². The number of rotatable bonds is 9. The van der Waals surface area contributed by atoms with Gasteiger partial charge in [-0.25, -0.2) is 4.79 Å². The summed E-state index contributed by atoms with van der Waals surface area (Å²) in [4.78, 5) is 41.3. The van der Waals surface area contributed by atoms with Crippen LogP contribution in [0, 0.1) is 18.8 Å². The van der Waals surface area contributed by atoms with Crippen molar-refractivity contribution in [3.05, 3.63) is 56.9 Å². The van der Waals surface area contributed by atoms with Crippen molar-refractivity contribution >= 4 is 11.6 Å². The summed E-state index contributed by atoms with van der Waals surface area (Å²) >= 11 is 0. The quantitative estimate of drug-likeness (QED) is 0.586. The van der Waals surface area contributed by atoms with Crippen molar-refractivity contribution in [2.45, 2.75) is 46.6 Å². The third kappa shape index (κ3) is 5.74. The van der Waals surface area contributed by atoms with Crippen LogP contribution in [0.1, 0.15) is 38.8 Å². The van der Waals surface area contributed by atoms with E-state index in [9.17, 15) is 14.4 Å². The Hall–Kier alpha value is -2.87. The third-order valence-electron chi connectivity index (χ3n) is 6.12.